The largest absolute Gasteiger partial charge is 0.388 e. The van der Waals surface area contributed by atoms with E-state index in [0.717, 1.165) is 11.1 Å². The second-order valence-electron chi connectivity index (χ2n) is 4.71. The first kappa shape index (κ1) is 14.2. The van der Waals surface area contributed by atoms with Crippen LogP contribution in [0.2, 0.25) is 0 Å². The lowest BCUT2D eigenvalue weighted by Crippen LogP contribution is -2.04. The molecule has 0 aliphatic carbocycles. The first-order chi connectivity index (χ1) is 9.58. The van der Waals surface area contributed by atoms with E-state index in [9.17, 15) is 15.2 Å². The molecule has 0 fully saturated rings. The molecule has 0 amide bonds. The van der Waals surface area contributed by atoms with Gasteiger partial charge in [0.25, 0.3) is 5.69 Å². The van der Waals surface area contributed by atoms with Crippen LogP contribution >= 0.6 is 0 Å². The summed E-state index contributed by atoms with van der Waals surface area (Å²) in [5, 5.41) is 20.7. The standard InChI is InChI=1S/C16H16NO3/c1-12(11-16(18)14-5-3-2-4-6-14)13-7-9-15(10-8-13)17(19)20/h2-10,12,16,18H,1,11H2/t12?,16-/m1/s1. The van der Waals surface area contributed by atoms with Gasteiger partial charge in [-0.25, -0.2) is 0 Å². The maximum Gasteiger partial charge on any atom is 0.269 e. The van der Waals surface area contributed by atoms with Crippen molar-refractivity contribution in [1.29, 1.82) is 0 Å². The Hall–Kier alpha value is -2.20. The van der Waals surface area contributed by atoms with Gasteiger partial charge in [0.15, 0.2) is 0 Å². The molecule has 2 atom stereocenters. The maximum absolute atomic E-state index is 10.6. The zero-order valence-corrected chi connectivity index (χ0v) is 11.0. The highest BCUT2D eigenvalue weighted by molar-refractivity contribution is 5.35. The normalized spacial score (nSPS) is 13.7. The van der Waals surface area contributed by atoms with Crippen molar-refractivity contribution >= 4 is 5.69 Å². The molecule has 2 aromatic rings. The molecule has 2 aromatic carbocycles. The third kappa shape index (κ3) is 3.42. The topological polar surface area (TPSA) is 63.4 Å². The van der Waals surface area contributed by atoms with Crippen LogP contribution in [0.15, 0.2) is 54.6 Å². The van der Waals surface area contributed by atoms with Crippen molar-refractivity contribution in [2.45, 2.75) is 18.4 Å². The highest BCUT2D eigenvalue weighted by Gasteiger charge is 2.15. The Labute approximate surface area is 117 Å². The third-order valence-electron chi connectivity index (χ3n) is 3.27. The minimum Gasteiger partial charge on any atom is -0.388 e. The van der Waals surface area contributed by atoms with Crippen molar-refractivity contribution < 1.29 is 10.0 Å². The summed E-state index contributed by atoms with van der Waals surface area (Å²) in [6.45, 7) is 4.02. The van der Waals surface area contributed by atoms with Crippen LogP contribution in [-0.4, -0.2) is 10.0 Å². The fourth-order valence-corrected chi connectivity index (χ4v) is 2.09. The van der Waals surface area contributed by atoms with Gasteiger partial charge in [-0.3, -0.25) is 10.1 Å². The number of benzene rings is 2. The number of hydrogen-bond acceptors (Lipinski definition) is 3. The fourth-order valence-electron chi connectivity index (χ4n) is 2.09. The second kappa shape index (κ2) is 6.30. The summed E-state index contributed by atoms with van der Waals surface area (Å²) in [5.74, 6) is -0.119. The minimum absolute atomic E-state index is 0.0598. The van der Waals surface area contributed by atoms with Crippen molar-refractivity contribution in [3.8, 4) is 0 Å². The molecule has 0 saturated heterocycles. The second-order valence-corrected chi connectivity index (χ2v) is 4.71. The highest BCUT2D eigenvalue weighted by Crippen LogP contribution is 2.28. The van der Waals surface area contributed by atoms with Gasteiger partial charge in [-0.05, 0) is 30.4 Å². The molecule has 0 aliphatic rings. The predicted octanol–water partition coefficient (Wildman–Crippen LogP) is 3.64. The molecule has 0 aliphatic heterocycles. The SMILES string of the molecule is [CH2]C(C[C@@H](O)c1ccccc1)c1ccc([N+](=O)[O-])cc1. The van der Waals surface area contributed by atoms with Gasteiger partial charge in [0.1, 0.15) is 0 Å². The van der Waals surface area contributed by atoms with Gasteiger partial charge < -0.3 is 5.11 Å². The maximum atomic E-state index is 10.6. The smallest absolute Gasteiger partial charge is 0.269 e. The van der Waals surface area contributed by atoms with E-state index in [2.05, 4.69) is 6.92 Å². The quantitative estimate of drug-likeness (QED) is 0.666. The molecule has 2 rings (SSSR count). The van der Waals surface area contributed by atoms with E-state index in [1.54, 1.807) is 12.1 Å². The third-order valence-corrected chi connectivity index (χ3v) is 3.27. The van der Waals surface area contributed by atoms with E-state index in [0.29, 0.717) is 6.42 Å². The molecule has 4 nitrogen and oxygen atoms in total. The minimum atomic E-state index is -0.589. The number of aliphatic hydroxyl groups is 1. The Morgan fingerprint density at radius 1 is 1.05 bits per heavy atom. The summed E-state index contributed by atoms with van der Waals surface area (Å²) in [6, 6.07) is 15.7. The molecule has 0 spiro atoms. The number of non-ortho nitro benzene ring substituents is 1. The van der Waals surface area contributed by atoms with Crippen molar-refractivity contribution in [3.05, 3.63) is 82.8 Å². The first-order valence-corrected chi connectivity index (χ1v) is 6.38. The lowest BCUT2D eigenvalue weighted by atomic mass is 9.92. The number of hydrogen-bond donors (Lipinski definition) is 1. The molecule has 0 aromatic heterocycles. The number of aliphatic hydroxyl groups excluding tert-OH is 1. The van der Waals surface area contributed by atoms with Crippen LogP contribution in [0.1, 0.15) is 29.6 Å². The molecular formula is C16H16NO3. The van der Waals surface area contributed by atoms with Crippen molar-refractivity contribution in [2.75, 3.05) is 0 Å². The van der Waals surface area contributed by atoms with Gasteiger partial charge >= 0.3 is 0 Å². The van der Waals surface area contributed by atoms with Crippen molar-refractivity contribution in [3.63, 3.8) is 0 Å². The van der Waals surface area contributed by atoms with E-state index in [1.165, 1.54) is 12.1 Å². The highest BCUT2D eigenvalue weighted by atomic mass is 16.6. The van der Waals surface area contributed by atoms with E-state index in [-0.39, 0.29) is 11.6 Å². The lowest BCUT2D eigenvalue weighted by molar-refractivity contribution is -0.384. The van der Waals surface area contributed by atoms with Crippen molar-refractivity contribution in [1.82, 2.24) is 0 Å². The van der Waals surface area contributed by atoms with Crippen LogP contribution in [0.4, 0.5) is 5.69 Å². The fraction of sp³-hybridized carbons (Fsp3) is 0.188. The molecule has 4 heteroatoms. The van der Waals surface area contributed by atoms with E-state index in [1.807, 2.05) is 30.3 Å². The summed E-state index contributed by atoms with van der Waals surface area (Å²) in [5.41, 5.74) is 1.79. The van der Waals surface area contributed by atoms with Gasteiger partial charge in [0.2, 0.25) is 0 Å². The van der Waals surface area contributed by atoms with Crippen molar-refractivity contribution in [2.24, 2.45) is 0 Å². The van der Waals surface area contributed by atoms with E-state index in [4.69, 9.17) is 0 Å². The molecular weight excluding hydrogens is 254 g/mol. The molecule has 20 heavy (non-hydrogen) atoms. The van der Waals surface area contributed by atoms with E-state index >= 15 is 0 Å². The predicted molar refractivity (Wildman–Crippen MR) is 77.2 cm³/mol. The molecule has 1 radical (unpaired) electrons. The Morgan fingerprint density at radius 2 is 1.65 bits per heavy atom. The van der Waals surface area contributed by atoms with E-state index < -0.39 is 11.0 Å². The Kier molecular flexibility index (Phi) is 4.48. The number of rotatable bonds is 5. The van der Waals surface area contributed by atoms with Crippen LogP contribution < -0.4 is 0 Å². The molecule has 1 unspecified atom stereocenters. The van der Waals surface area contributed by atoms with Crippen LogP contribution in [0.3, 0.4) is 0 Å². The van der Waals surface area contributed by atoms with Gasteiger partial charge in [-0.2, -0.15) is 0 Å². The monoisotopic (exact) mass is 270 g/mol. The van der Waals surface area contributed by atoms with Crippen LogP contribution in [0.5, 0.6) is 0 Å². The Morgan fingerprint density at radius 3 is 2.20 bits per heavy atom. The number of nitro benzene ring substituents is 1. The molecule has 0 bridgehead atoms. The van der Waals surface area contributed by atoms with Gasteiger partial charge in [0.05, 0.1) is 11.0 Å². The lowest BCUT2D eigenvalue weighted by Gasteiger charge is -2.17. The van der Waals surface area contributed by atoms with Crippen LogP contribution in [0.25, 0.3) is 0 Å². The molecule has 1 N–H and O–H groups in total. The summed E-state index contributed by atoms with van der Waals surface area (Å²) < 4.78 is 0. The summed E-state index contributed by atoms with van der Waals surface area (Å²) >= 11 is 0. The Bertz CT molecular complexity index is 566. The Balaban J connectivity index is 2.04. The average Bonchev–Trinajstić information content (AvgIpc) is 2.48. The average molecular weight is 270 g/mol. The van der Waals surface area contributed by atoms with Crippen LogP contribution in [-0.2, 0) is 0 Å². The molecule has 0 heterocycles. The van der Waals surface area contributed by atoms with Gasteiger partial charge in [-0.1, -0.05) is 42.5 Å². The zero-order chi connectivity index (χ0) is 14.5. The summed E-state index contributed by atoms with van der Waals surface area (Å²) in [4.78, 5) is 10.2. The van der Waals surface area contributed by atoms with Crippen LogP contribution in [0, 0.1) is 17.0 Å². The van der Waals surface area contributed by atoms with Gasteiger partial charge in [0, 0.05) is 12.1 Å². The summed E-state index contributed by atoms with van der Waals surface area (Å²) in [6.07, 6.45) is -0.115. The first-order valence-electron chi connectivity index (χ1n) is 6.38. The van der Waals surface area contributed by atoms with Gasteiger partial charge in [-0.15, -0.1) is 0 Å². The molecule has 0 saturated carbocycles. The number of nitro groups is 1. The molecule has 103 valence electrons. The number of nitrogens with zero attached hydrogens (tertiary/aromatic N) is 1. The summed E-state index contributed by atoms with van der Waals surface area (Å²) in [7, 11) is 0. The zero-order valence-electron chi connectivity index (χ0n) is 11.0.